The van der Waals surface area contributed by atoms with Crippen molar-refractivity contribution in [2.75, 3.05) is 18.0 Å². The van der Waals surface area contributed by atoms with E-state index in [1.165, 1.54) is 0 Å². The normalized spacial score (nSPS) is 24.0. The van der Waals surface area contributed by atoms with Crippen molar-refractivity contribution in [3.63, 3.8) is 0 Å². The minimum atomic E-state index is -0.173. The van der Waals surface area contributed by atoms with Gasteiger partial charge in [0.05, 0.1) is 6.04 Å². The number of nitrogens with one attached hydrogen (secondary N) is 1. The molecule has 2 aliphatic rings. The third kappa shape index (κ3) is 2.91. The first-order valence-electron chi connectivity index (χ1n) is 8.00. The van der Waals surface area contributed by atoms with Crippen molar-refractivity contribution in [3.05, 3.63) is 36.0 Å². The Labute approximate surface area is 134 Å². The summed E-state index contributed by atoms with van der Waals surface area (Å²) in [5.41, 5.74) is 0.369. The van der Waals surface area contributed by atoms with Gasteiger partial charge in [0.15, 0.2) is 5.69 Å². The van der Waals surface area contributed by atoms with Crippen LogP contribution in [0.15, 0.2) is 29.0 Å². The van der Waals surface area contributed by atoms with Gasteiger partial charge in [-0.25, -0.2) is 9.97 Å². The van der Waals surface area contributed by atoms with Gasteiger partial charge in [-0.3, -0.25) is 4.79 Å². The molecule has 3 heterocycles. The summed E-state index contributed by atoms with van der Waals surface area (Å²) in [6, 6.07) is 3.61. The number of carbonyl (C=O) groups excluding carboxylic acids is 1. The molecule has 0 spiro atoms. The van der Waals surface area contributed by atoms with Gasteiger partial charge in [-0.2, -0.15) is 0 Å². The van der Waals surface area contributed by atoms with Crippen molar-refractivity contribution >= 4 is 11.9 Å². The SMILES string of the molecule is C[C@H]1CN(c2ncccn2)C[C@@H]1NC(=O)c1cc(C2CC2)on1. The van der Waals surface area contributed by atoms with E-state index in [2.05, 4.69) is 32.3 Å². The first-order chi connectivity index (χ1) is 11.2. The van der Waals surface area contributed by atoms with Gasteiger partial charge in [0.25, 0.3) is 5.91 Å². The second-order valence-corrected chi connectivity index (χ2v) is 6.40. The van der Waals surface area contributed by atoms with E-state index in [0.29, 0.717) is 30.0 Å². The fourth-order valence-electron chi connectivity index (χ4n) is 2.97. The van der Waals surface area contributed by atoms with Crippen LogP contribution in [0.25, 0.3) is 0 Å². The van der Waals surface area contributed by atoms with E-state index in [1.54, 1.807) is 24.5 Å². The Balaban J connectivity index is 1.40. The van der Waals surface area contributed by atoms with Gasteiger partial charge in [-0.05, 0) is 24.8 Å². The van der Waals surface area contributed by atoms with Crippen LogP contribution in [0.5, 0.6) is 0 Å². The number of rotatable bonds is 4. The lowest BCUT2D eigenvalue weighted by Crippen LogP contribution is -2.40. The second kappa shape index (κ2) is 5.64. The second-order valence-electron chi connectivity index (χ2n) is 6.40. The van der Waals surface area contributed by atoms with Gasteiger partial charge >= 0.3 is 0 Å². The Morgan fingerprint density at radius 1 is 1.30 bits per heavy atom. The molecule has 23 heavy (non-hydrogen) atoms. The van der Waals surface area contributed by atoms with Gasteiger partial charge in [-0.15, -0.1) is 0 Å². The van der Waals surface area contributed by atoms with Crippen molar-refractivity contribution < 1.29 is 9.32 Å². The Bertz CT molecular complexity index is 698. The van der Waals surface area contributed by atoms with Crippen LogP contribution < -0.4 is 10.2 Å². The molecule has 120 valence electrons. The summed E-state index contributed by atoms with van der Waals surface area (Å²) in [5.74, 6) is 2.13. The molecule has 1 amide bonds. The smallest absolute Gasteiger partial charge is 0.273 e. The number of hydrogen-bond donors (Lipinski definition) is 1. The molecular weight excluding hydrogens is 294 g/mol. The monoisotopic (exact) mass is 313 g/mol. The zero-order valence-corrected chi connectivity index (χ0v) is 13.0. The van der Waals surface area contributed by atoms with Gasteiger partial charge in [0.1, 0.15) is 5.76 Å². The summed E-state index contributed by atoms with van der Waals surface area (Å²) in [6.45, 7) is 3.64. The molecule has 1 aliphatic heterocycles. The summed E-state index contributed by atoms with van der Waals surface area (Å²) in [4.78, 5) is 23.0. The zero-order valence-electron chi connectivity index (χ0n) is 13.0. The van der Waals surface area contributed by atoms with E-state index in [1.807, 2.05) is 0 Å². The number of hydrogen-bond acceptors (Lipinski definition) is 6. The highest BCUT2D eigenvalue weighted by molar-refractivity contribution is 5.92. The van der Waals surface area contributed by atoms with Crippen LogP contribution in [-0.2, 0) is 0 Å². The summed E-state index contributed by atoms with van der Waals surface area (Å²) >= 11 is 0. The molecule has 7 nitrogen and oxygen atoms in total. The molecule has 1 N–H and O–H groups in total. The van der Waals surface area contributed by atoms with E-state index < -0.39 is 0 Å². The Hall–Kier alpha value is -2.44. The van der Waals surface area contributed by atoms with Gasteiger partial charge < -0.3 is 14.7 Å². The maximum atomic E-state index is 12.4. The van der Waals surface area contributed by atoms with Crippen LogP contribution in [-0.4, -0.2) is 40.2 Å². The molecule has 4 rings (SSSR count). The zero-order chi connectivity index (χ0) is 15.8. The fourth-order valence-corrected chi connectivity index (χ4v) is 2.97. The topological polar surface area (TPSA) is 84.2 Å². The number of nitrogens with zero attached hydrogens (tertiary/aromatic N) is 4. The predicted molar refractivity (Wildman–Crippen MR) is 83.1 cm³/mol. The molecule has 1 saturated carbocycles. The van der Waals surface area contributed by atoms with E-state index >= 15 is 0 Å². The van der Waals surface area contributed by atoms with Gasteiger partial charge in [-0.1, -0.05) is 12.1 Å². The fraction of sp³-hybridized carbons (Fsp3) is 0.500. The van der Waals surface area contributed by atoms with E-state index in [9.17, 15) is 4.79 Å². The number of anilines is 1. The number of amides is 1. The lowest BCUT2D eigenvalue weighted by Gasteiger charge is -2.16. The van der Waals surface area contributed by atoms with E-state index in [-0.39, 0.29) is 11.9 Å². The maximum absolute atomic E-state index is 12.4. The minimum absolute atomic E-state index is 0.0485. The quantitative estimate of drug-likeness (QED) is 0.923. The summed E-state index contributed by atoms with van der Waals surface area (Å²) in [6.07, 6.45) is 5.71. The van der Waals surface area contributed by atoms with Crippen LogP contribution >= 0.6 is 0 Å². The third-order valence-corrected chi connectivity index (χ3v) is 4.50. The molecule has 2 atom stereocenters. The summed E-state index contributed by atoms with van der Waals surface area (Å²) in [5, 5.41) is 6.95. The maximum Gasteiger partial charge on any atom is 0.273 e. The molecule has 2 fully saturated rings. The number of carbonyl (C=O) groups is 1. The molecule has 0 bridgehead atoms. The van der Waals surface area contributed by atoms with Crippen LogP contribution in [0.2, 0.25) is 0 Å². The largest absolute Gasteiger partial charge is 0.360 e. The van der Waals surface area contributed by atoms with Crippen molar-refractivity contribution in [3.8, 4) is 0 Å². The van der Waals surface area contributed by atoms with Crippen molar-refractivity contribution in [2.24, 2.45) is 5.92 Å². The van der Waals surface area contributed by atoms with E-state index in [4.69, 9.17) is 4.52 Å². The highest BCUT2D eigenvalue weighted by Gasteiger charge is 2.33. The van der Waals surface area contributed by atoms with Crippen molar-refractivity contribution in [1.82, 2.24) is 20.4 Å². The molecular formula is C16H19N5O2. The molecule has 7 heteroatoms. The molecule has 0 aromatic carbocycles. The standard InChI is InChI=1S/C16H19N5O2/c1-10-8-21(16-17-5-2-6-18-16)9-13(10)19-15(22)12-7-14(23-20-12)11-3-4-11/h2,5-7,10-11,13H,3-4,8-9H2,1H3,(H,19,22)/t10-,13-/m0/s1. The van der Waals surface area contributed by atoms with Gasteiger partial charge in [0.2, 0.25) is 5.95 Å². The minimum Gasteiger partial charge on any atom is -0.360 e. The van der Waals surface area contributed by atoms with Crippen LogP contribution in [0.3, 0.4) is 0 Å². The molecule has 2 aromatic rings. The van der Waals surface area contributed by atoms with Crippen LogP contribution in [0.4, 0.5) is 5.95 Å². The molecule has 0 unspecified atom stereocenters. The average molecular weight is 313 g/mol. The Morgan fingerprint density at radius 2 is 2.09 bits per heavy atom. The Morgan fingerprint density at radius 3 is 2.83 bits per heavy atom. The first kappa shape index (κ1) is 14.2. The molecule has 1 aliphatic carbocycles. The molecule has 0 radical (unpaired) electrons. The Kier molecular flexibility index (Phi) is 3.48. The number of aromatic nitrogens is 3. The lowest BCUT2D eigenvalue weighted by molar-refractivity contribution is 0.0924. The van der Waals surface area contributed by atoms with Gasteiger partial charge in [0, 0.05) is 37.5 Å². The highest BCUT2D eigenvalue weighted by atomic mass is 16.5. The van der Waals surface area contributed by atoms with Crippen molar-refractivity contribution in [2.45, 2.75) is 31.7 Å². The first-order valence-corrected chi connectivity index (χ1v) is 8.00. The predicted octanol–water partition coefficient (Wildman–Crippen LogP) is 1.60. The summed E-state index contributed by atoms with van der Waals surface area (Å²) < 4.78 is 5.25. The summed E-state index contributed by atoms with van der Waals surface area (Å²) in [7, 11) is 0. The average Bonchev–Trinajstić information content (AvgIpc) is 3.18. The van der Waals surface area contributed by atoms with Crippen LogP contribution in [0, 0.1) is 5.92 Å². The highest BCUT2D eigenvalue weighted by Crippen LogP contribution is 2.40. The lowest BCUT2D eigenvalue weighted by atomic mass is 10.1. The van der Waals surface area contributed by atoms with Crippen LogP contribution in [0.1, 0.15) is 41.9 Å². The molecule has 2 aromatic heterocycles. The third-order valence-electron chi connectivity index (χ3n) is 4.50. The van der Waals surface area contributed by atoms with Crippen molar-refractivity contribution in [1.29, 1.82) is 0 Å². The van der Waals surface area contributed by atoms with E-state index in [0.717, 1.165) is 25.1 Å². The molecule has 1 saturated heterocycles.